The van der Waals surface area contributed by atoms with E-state index in [1.165, 1.54) is 13.2 Å². The Bertz CT molecular complexity index is 1390. The highest BCUT2D eigenvalue weighted by molar-refractivity contribution is 6.30. The largest absolute Gasteiger partial charge is 0.497 e. The molecule has 8 heteroatoms. The molecular weight excluding hydrogens is 473 g/mol. The number of fused-ring (bicyclic) bond motifs is 4. The van der Waals surface area contributed by atoms with Crippen molar-refractivity contribution in [2.24, 2.45) is 5.41 Å². The molecule has 0 aliphatic carbocycles. The Morgan fingerprint density at radius 2 is 1.73 bits per heavy atom. The number of hydrogen-bond donors (Lipinski definition) is 1. The van der Waals surface area contributed by atoms with Crippen LogP contribution in [0.1, 0.15) is 29.9 Å². The third-order valence-corrected chi connectivity index (χ3v) is 8.01. The number of nitrogens with one attached hydrogen (secondary N) is 1. The summed E-state index contributed by atoms with van der Waals surface area (Å²) in [5.74, 6) is -0.941. The minimum atomic E-state index is -1.60. The van der Waals surface area contributed by atoms with Crippen molar-refractivity contribution in [3.8, 4) is 5.75 Å². The molecule has 7 nitrogen and oxygen atoms in total. The second-order valence-electron chi connectivity index (χ2n) is 9.83. The number of hydrogen-bond acceptors (Lipinski definition) is 5. The van der Waals surface area contributed by atoms with Crippen LogP contribution in [0.3, 0.4) is 0 Å². The third kappa shape index (κ3) is 3.50. The van der Waals surface area contributed by atoms with Crippen LogP contribution in [-0.2, 0) is 16.0 Å². The molecule has 3 aromatic carbocycles. The van der Waals surface area contributed by atoms with Crippen LogP contribution >= 0.6 is 0 Å². The molecule has 37 heavy (non-hydrogen) atoms. The van der Waals surface area contributed by atoms with Crippen molar-refractivity contribution in [2.45, 2.75) is 31.2 Å². The lowest BCUT2D eigenvalue weighted by molar-refractivity contribution is -0.145. The molecule has 3 aliphatic rings. The summed E-state index contributed by atoms with van der Waals surface area (Å²) in [7, 11) is 1.53. The monoisotopic (exact) mass is 499 g/mol. The van der Waals surface area contributed by atoms with Gasteiger partial charge in [0.25, 0.3) is 5.91 Å². The summed E-state index contributed by atoms with van der Waals surface area (Å²) in [6.45, 7) is 0.483. The van der Waals surface area contributed by atoms with Crippen molar-refractivity contribution in [1.82, 2.24) is 5.32 Å². The number of barbiturate groups is 1. The Kier molecular flexibility index (Phi) is 5.47. The molecule has 3 atom stereocenters. The SMILES string of the molecule is COc1ccc(N2C(=O)NC(=O)[C@]3(Cc4cccc(F)c4N4CC[C@@H](c5ccccc5)C[C@H]43)C2=O)cc1. The molecule has 0 saturated carbocycles. The van der Waals surface area contributed by atoms with Crippen molar-refractivity contribution in [3.05, 3.63) is 89.7 Å². The summed E-state index contributed by atoms with van der Waals surface area (Å²) in [5, 5.41) is 2.46. The molecule has 6 rings (SSSR count). The number of benzene rings is 3. The van der Waals surface area contributed by atoms with Crippen LogP contribution in [0.15, 0.2) is 72.8 Å². The predicted octanol–water partition coefficient (Wildman–Crippen LogP) is 4.41. The number of para-hydroxylation sites is 1. The number of methoxy groups -OCH3 is 1. The van der Waals surface area contributed by atoms with Gasteiger partial charge in [-0.25, -0.2) is 14.1 Å². The molecule has 0 radical (unpaired) electrons. The number of rotatable bonds is 3. The number of carbonyl (C=O) groups is 3. The first-order chi connectivity index (χ1) is 17.9. The number of urea groups is 1. The van der Waals surface area contributed by atoms with Crippen LogP contribution in [0.4, 0.5) is 20.6 Å². The number of anilines is 2. The van der Waals surface area contributed by atoms with E-state index in [1.54, 1.807) is 36.4 Å². The maximum atomic E-state index is 15.2. The van der Waals surface area contributed by atoms with E-state index in [0.29, 0.717) is 35.7 Å². The fourth-order valence-corrected chi connectivity index (χ4v) is 6.24. The lowest BCUT2D eigenvalue weighted by Gasteiger charge is -2.54. The lowest BCUT2D eigenvalue weighted by Crippen LogP contribution is -2.73. The van der Waals surface area contributed by atoms with E-state index < -0.39 is 29.3 Å². The average Bonchev–Trinajstić information content (AvgIpc) is 2.92. The number of halogens is 1. The second kappa shape index (κ2) is 8.73. The smallest absolute Gasteiger partial charge is 0.335 e. The highest BCUT2D eigenvalue weighted by atomic mass is 19.1. The van der Waals surface area contributed by atoms with Gasteiger partial charge in [-0.2, -0.15) is 0 Å². The zero-order valence-electron chi connectivity index (χ0n) is 20.3. The van der Waals surface area contributed by atoms with Crippen LogP contribution in [0.5, 0.6) is 5.75 Å². The van der Waals surface area contributed by atoms with Crippen LogP contribution in [0, 0.1) is 11.2 Å². The van der Waals surface area contributed by atoms with Crippen molar-refractivity contribution in [1.29, 1.82) is 0 Å². The van der Waals surface area contributed by atoms with Gasteiger partial charge in [0.2, 0.25) is 5.91 Å². The topological polar surface area (TPSA) is 79.0 Å². The van der Waals surface area contributed by atoms with E-state index in [1.807, 2.05) is 35.2 Å². The van der Waals surface area contributed by atoms with Gasteiger partial charge < -0.3 is 9.64 Å². The first kappa shape index (κ1) is 23.2. The summed E-state index contributed by atoms with van der Waals surface area (Å²) in [6.07, 6.45) is 1.23. The van der Waals surface area contributed by atoms with E-state index in [2.05, 4.69) is 5.32 Å². The fraction of sp³-hybridized carbons (Fsp3) is 0.276. The minimum absolute atomic E-state index is 0.00731. The maximum absolute atomic E-state index is 15.2. The molecule has 0 bridgehead atoms. The molecule has 1 spiro atoms. The molecule has 188 valence electrons. The molecular formula is C29H26FN3O4. The van der Waals surface area contributed by atoms with Gasteiger partial charge in [0.05, 0.1) is 24.5 Å². The highest BCUT2D eigenvalue weighted by Crippen LogP contribution is 2.51. The first-order valence-corrected chi connectivity index (χ1v) is 12.4. The Morgan fingerprint density at radius 1 is 0.973 bits per heavy atom. The van der Waals surface area contributed by atoms with Gasteiger partial charge in [0.15, 0.2) is 5.41 Å². The Labute approximate surface area is 213 Å². The van der Waals surface area contributed by atoms with Gasteiger partial charge >= 0.3 is 6.03 Å². The zero-order chi connectivity index (χ0) is 25.7. The minimum Gasteiger partial charge on any atom is -0.497 e. The van der Waals surface area contributed by atoms with Gasteiger partial charge in [-0.3, -0.25) is 14.9 Å². The quantitative estimate of drug-likeness (QED) is 0.540. The van der Waals surface area contributed by atoms with Crippen molar-refractivity contribution in [3.63, 3.8) is 0 Å². The normalized spacial score (nSPS) is 25.0. The van der Waals surface area contributed by atoms with Gasteiger partial charge in [0.1, 0.15) is 11.6 Å². The van der Waals surface area contributed by atoms with Crippen molar-refractivity contribution < 1.29 is 23.5 Å². The summed E-state index contributed by atoms with van der Waals surface area (Å²) in [5.41, 5.74) is 0.882. The Morgan fingerprint density at radius 3 is 2.46 bits per heavy atom. The zero-order valence-corrected chi connectivity index (χ0v) is 20.3. The van der Waals surface area contributed by atoms with Gasteiger partial charge in [-0.05, 0) is 66.6 Å². The summed E-state index contributed by atoms with van der Waals surface area (Å²) in [6, 6.07) is 19.8. The van der Waals surface area contributed by atoms with Gasteiger partial charge in [0, 0.05) is 6.54 Å². The second-order valence-corrected chi connectivity index (χ2v) is 9.83. The van der Waals surface area contributed by atoms with Crippen LogP contribution < -0.4 is 19.9 Å². The first-order valence-electron chi connectivity index (χ1n) is 12.4. The fourth-order valence-electron chi connectivity index (χ4n) is 6.24. The highest BCUT2D eigenvalue weighted by Gasteiger charge is 2.63. The van der Waals surface area contributed by atoms with E-state index in [9.17, 15) is 14.4 Å². The molecule has 3 aliphatic heterocycles. The Balaban J connectivity index is 1.49. The molecule has 0 unspecified atom stereocenters. The summed E-state index contributed by atoms with van der Waals surface area (Å²) >= 11 is 0. The van der Waals surface area contributed by atoms with Crippen LogP contribution in [0.25, 0.3) is 0 Å². The van der Waals surface area contributed by atoms with Crippen molar-refractivity contribution in [2.75, 3.05) is 23.5 Å². The number of ether oxygens (including phenoxy) is 1. The van der Waals surface area contributed by atoms with Gasteiger partial charge in [-0.1, -0.05) is 42.5 Å². The number of imide groups is 2. The van der Waals surface area contributed by atoms with Crippen molar-refractivity contribution >= 4 is 29.2 Å². The average molecular weight is 500 g/mol. The molecule has 0 aromatic heterocycles. The number of carbonyl (C=O) groups excluding carboxylic acids is 3. The number of amides is 4. The van der Waals surface area contributed by atoms with E-state index in [-0.39, 0.29) is 18.2 Å². The molecule has 4 amide bonds. The molecule has 3 heterocycles. The summed E-state index contributed by atoms with van der Waals surface area (Å²) in [4.78, 5) is 44.0. The molecule has 2 saturated heterocycles. The van der Waals surface area contributed by atoms with Crippen LogP contribution in [0.2, 0.25) is 0 Å². The molecule has 2 fully saturated rings. The van der Waals surface area contributed by atoms with Crippen LogP contribution in [-0.4, -0.2) is 37.5 Å². The van der Waals surface area contributed by atoms with Gasteiger partial charge in [-0.15, -0.1) is 0 Å². The van der Waals surface area contributed by atoms with E-state index >= 15 is 4.39 Å². The Hall–Kier alpha value is -4.20. The number of nitrogens with zero attached hydrogens (tertiary/aromatic N) is 2. The number of piperidine rings is 1. The van der Waals surface area contributed by atoms with E-state index in [0.717, 1.165) is 16.9 Å². The standard InChI is InChI=1S/C29H26FN3O4/c1-37-22-12-10-21(11-13-22)33-27(35)29(26(34)31-28(33)36)17-20-8-5-9-23(30)25(20)32-15-14-19(16-24(29)32)18-6-3-2-4-7-18/h2-13,19,24H,14-17H2,1H3,(H,31,34,36)/t19-,24+,29-/m1/s1. The lowest BCUT2D eigenvalue weighted by atomic mass is 9.64. The predicted molar refractivity (Wildman–Crippen MR) is 136 cm³/mol. The molecule has 3 aromatic rings. The van der Waals surface area contributed by atoms with E-state index in [4.69, 9.17) is 4.74 Å². The molecule has 1 N–H and O–H groups in total. The maximum Gasteiger partial charge on any atom is 0.335 e. The summed E-state index contributed by atoms with van der Waals surface area (Å²) < 4.78 is 20.4. The third-order valence-electron chi connectivity index (χ3n) is 8.01.